The molecule has 0 unspecified atom stereocenters. The minimum atomic E-state index is -0.335. The molecule has 0 aliphatic carbocycles. The van der Waals surface area contributed by atoms with Crippen LogP contribution in [0.3, 0.4) is 0 Å². The summed E-state index contributed by atoms with van der Waals surface area (Å²) in [5.41, 5.74) is 6.41. The van der Waals surface area contributed by atoms with Gasteiger partial charge in [0, 0.05) is 23.7 Å². The molecule has 2 aromatic rings. The lowest BCUT2D eigenvalue weighted by molar-refractivity contribution is 0.122. The standard InChI is InChI=1S/C14H14Cl2N4O2/c15-8-1-2-9(10(16)7-8)11-12(17)18-14(19-13(11)21)20-3-5-22-6-4-20/h1-2,7H,3-6H2,(H3,17,18,19,21). The summed E-state index contributed by atoms with van der Waals surface area (Å²) in [6.45, 7) is 2.50. The van der Waals surface area contributed by atoms with E-state index in [1.165, 1.54) is 0 Å². The Morgan fingerprint density at radius 2 is 2.00 bits per heavy atom. The zero-order valence-corrected chi connectivity index (χ0v) is 13.1. The molecule has 1 aliphatic heterocycles. The van der Waals surface area contributed by atoms with E-state index >= 15 is 0 Å². The van der Waals surface area contributed by atoms with E-state index < -0.39 is 0 Å². The van der Waals surface area contributed by atoms with Crippen molar-refractivity contribution in [1.82, 2.24) is 9.97 Å². The SMILES string of the molecule is Nc1nc(N2CCOCC2)[nH]c(=O)c1-c1ccc(Cl)cc1Cl. The van der Waals surface area contributed by atoms with Crippen molar-refractivity contribution >= 4 is 35.0 Å². The number of ether oxygens (including phenoxy) is 1. The molecule has 1 aromatic carbocycles. The fraction of sp³-hybridized carbons (Fsp3) is 0.286. The van der Waals surface area contributed by atoms with E-state index in [2.05, 4.69) is 9.97 Å². The molecule has 0 amide bonds. The van der Waals surface area contributed by atoms with Crippen molar-refractivity contribution in [3.05, 3.63) is 38.6 Å². The molecular weight excluding hydrogens is 327 g/mol. The molecule has 6 nitrogen and oxygen atoms in total. The topological polar surface area (TPSA) is 84.2 Å². The summed E-state index contributed by atoms with van der Waals surface area (Å²) >= 11 is 12.0. The third-order valence-corrected chi connectivity index (χ3v) is 3.99. The van der Waals surface area contributed by atoms with E-state index in [1.807, 2.05) is 4.90 Å². The molecule has 1 fully saturated rings. The van der Waals surface area contributed by atoms with Gasteiger partial charge >= 0.3 is 0 Å². The highest BCUT2D eigenvalue weighted by Gasteiger charge is 2.18. The Kier molecular flexibility index (Phi) is 4.24. The quantitative estimate of drug-likeness (QED) is 0.875. The Morgan fingerprint density at radius 3 is 2.64 bits per heavy atom. The Balaban J connectivity index is 2.04. The van der Waals surface area contributed by atoms with Gasteiger partial charge in [-0.2, -0.15) is 4.98 Å². The normalized spacial score (nSPS) is 15.1. The second-order valence-corrected chi connectivity index (χ2v) is 5.72. The molecule has 22 heavy (non-hydrogen) atoms. The number of morpholine rings is 1. The lowest BCUT2D eigenvalue weighted by Crippen LogP contribution is -2.38. The largest absolute Gasteiger partial charge is 0.383 e. The Morgan fingerprint density at radius 1 is 1.27 bits per heavy atom. The fourth-order valence-corrected chi connectivity index (χ4v) is 2.86. The van der Waals surface area contributed by atoms with Crippen molar-refractivity contribution < 1.29 is 4.74 Å². The number of aromatic nitrogens is 2. The van der Waals surface area contributed by atoms with Gasteiger partial charge in [-0.15, -0.1) is 0 Å². The van der Waals surface area contributed by atoms with Gasteiger partial charge in [-0.25, -0.2) is 0 Å². The van der Waals surface area contributed by atoms with Crippen molar-refractivity contribution in [2.75, 3.05) is 36.9 Å². The van der Waals surface area contributed by atoms with Crippen molar-refractivity contribution in [3.8, 4) is 11.1 Å². The van der Waals surface area contributed by atoms with Gasteiger partial charge in [0.2, 0.25) is 5.95 Å². The second-order valence-electron chi connectivity index (χ2n) is 4.87. The molecule has 3 N–H and O–H groups in total. The van der Waals surface area contributed by atoms with Crippen LogP contribution in [0.25, 0.3) is 11.1 Å². The third-order valence-electron chi connectivity index (χ3n) is 3.45. The van der Waals surface area contributed by atoms with E-state index in [1.54, 1.807) is 18.2 Å². The van der Waals surface area contributed by atoms with Crippen LogP contribution in [0, 0.1) is 0 Å². The number of hydrogen-bond acceptors (Lipinski definition) is 5. The number of benzene rings is 1. The molecule has 0 bridgehead atoms. The number of halogens is 2. The van der Waals surface area contributed by atoms with Crippen molar-refractivity contribution in [2.45, 2.75) is 0 Å². The molecule has 116 valence electrons. The molecule has 1 aliphatic rings. The van der Waals surface area contributed by atoms with Gasteiger partial charge in [0.15, 0.2) is 0 Å². The van der Waals surface area contributed by atoms with E-state index in [0.717, 1.165) is 0 Å². The molecule has 0 spiro atoms. The lowest BCUT2D eigenvalue weighted by Gasteiger charge is -2.27. The predicted molar refractivity (Wildman–Crippen MR) is 87.8 cm³/mol. The second kappa shape index (κ2) is 6.16. The molecule has 2 heterocycles. The maximum Gasteiger partial charge on any atom is 0.262 e. The average Bonchev–Trinajstić information content (AvgIpc) is 2.49. The molecule has 0 atom stereocenters. The molecule has 8 heteroatoms. The first-order valence-electron chi connectivity index (χ1n) is 6.74. The number of rotatable bonds is 2. The van der Waals surface area contributed by atoms with E-state index in [0.29, 0.717) is 47.9 Å². The van der Waals surface area contributed by atoms with E-state index in [-0.39, 0.29) is 16.9 Å². The summed E-state index contributed by atoms with van der Waals surface area (Å²) in [5, 5.41) is 0.840. The first kappa shape index (κ1) is 15.1. The van der Waals surface area contributed by atoms with E-state index in [4.69, 9.17) is 33.7 Å². The Labute approximate surface area is 136 Å². The monoisotopic (exact) mass is 340 g/mol. The molecule has 0 radical (unpaired) electrons. The zero-order chi connectivity index (χ0) is 15.7. The number of nitrogen functional groups attached to an aromatic ring is 1. The number of nitrogens with one attached hydrogen (secondary N) is 1. The summed E-state index contributed by atoms with van der Waals surface area (Å²) in [6.07, 6.45) is 0. The van der Waals surface area contributed by atoms with Crippen LogP contribution in [0.5, 0.6) is 0 Å². The maximum absolute atomic E-state index is 12.4. The number of H-pyrrole nitrogens is 1. The third kappa shape index (κ3) is 2.90. The summed E-state index contributed by atoms with van der Waals surface area (Å²) in [7, 11) is 0. The summed E-state index contributed by atoms with van der Waals surface area (Å²) in [5.74, 6) is 0.578. The van der Waals surface area contributed by atoms with Crippen molar-refractivity contribution in [2.24, 2.45) is 0 Å². The van der Waals surface area contributed by atoms with Gasteiger partial charge in [-0.3, -0.25) is 9.78 Å². The first-order valence-corrected chi connectivity index (χ1v) is 7.50. The van der Waals surface area contributed by atoms with Crippen LogP contribution in [-0.2, 0) is 4.74 Å². The van der Waals surface area contributed by atoms with Gasteiger partial charge in [0.05, 0.1) is 23.8 Å². The number of anilines is 2. The van der Waals surface area contributed by atoms with Crippen LogP contribution in [-0.4, -0.2) is 36.3 Å². The number of aromatic amines is 1. The van der Waals surface area contributed by atoms with Gasteiger partial charge in [0.1, 0.15) is 5.82 Å². The van der Waals surface area contributed by atoms with Crippen LogP contribution in [0.1, 0.15) is 0 Å². The highest BCUT2D eigenvalue weighted by atomic mass is 35.5. The van der Waals surface area contributed by atoms with Gasteiger partial charge in [-0.1, -0.05) is 29.3 Å². The summed E-state index contributed by atoms with van der Waals surface area (Å²) in [6, 6.07) is 4.87. The van der Waals surface area contributed by atoms with Gasteiger partial charge < -0.3 is 15.4 Å². The maximum atomic E-state index is 12.4. The first-order chi connectivity index (χ1) is 10.6. The van der Waals surface area contributed by atoms with Crippen LogP contribution in [0.4, 0.5) is 11.8 Å². The van der Waals surface area contributed by atoms with Crippen molar-refractivity contribution in [3.63, 3.8) is 0 Å². The molecule has 1 saturated heterocycles. The average molecular weight is 341 g/mol. The number of nitrogens with zero attached hydrogens (tertiary/aromatic N) is 2. The number of nitrogens with two attached hydrogens (primary N) is 1. The van der Waals surface area contributed by atoms with Crippen LogP contribution >= 0.6 is 23.2 Å². The molecule has 3 rings (SSSR count). The molecule has 1 aromatic heterocycles. The lowest BCUT2D eigenvalue weighted by atomic mass is 10.1. The Bertz CT molecular complexity index is 757. The minimum absolute atomic E-state index is 0.134. The minimum Gasteiger partial charge on any atom is -0.383 e. The molecule has 0 saturated carbocycles. The van der Waals surface area contributed by atoms with Gasteiger partial charge in [0.25, 0.3) is 5.56 Å². The highest BCUT2D eigenvalue weighted by molar-refractivity contribution is 6.36. The van der Waals surface area contributed by atoms with Crippen LogP contribution in [0.2, 0.25) is 10.0 Å². The summed E-state index contributed by atoms with van der Waals surface area (Å²) < 4.78 is 5.28. The highest BCUT2D eigenvalue weighted by Crippen LogP contribution is 2.31. The van der Waals surface area contributed by atoms with Crippen molar-refractivity contribution in [1.29, 1.82) is 0 Å². The van der Waals surface area contributed by atoms with E-state index in [9.17, 15) is 4.79 Å². The fourth-order valence-electron chi connectivity index (χ4n) is 2.36. The van der Waals surface area contributed by atoms with Crippen LogP contribution < -0.4 is 16.2 Å². The van der Waals surface area contributed by atoms with Crippen LogP contribution in [0.15, 0.2) is 23.0 Å². The smallest absolute Gasteiger partial charge is 0.262 e. The predicted octanol–water partition coefficient (Wildman–Crippen LogP) is 2.16. The Hall–Kier alpha value is -1.76. The molecular formula is C14H14Cl2N4O2. The van der Waals surface area contributed by atoms with Gasteiger partial charge in [-0.05, 0) is 12.1 Å². The summed E-state index contributed by atoms with van der Waals surface area (Å²) in [4.78, 5) is 21.4. The number of hydrogen-bond donors (Lipinski definition) is 2. The zero-order valence-electron chi connectivity index (χ0n) is 11.6.